The van der Waals surface area contributed by atoms with Crippen molar-refractivity contribution in [1.29, 1.82) is 0 Å². The van der Waals surface area contributed by atoms with Crippen molar-refractivity contribution < 1.29 is 19.2 Å². The fourth-order valence-corrected chi connectivity index (χ4v) is 4.25. The lowest BCUT2D eigenvalue weighted by molar-refractivity contribution is -0.145. The maximum Gasteiger partial charge on any atom is 0.317 e. The molecule has 0 aliphatic rings. The lowest BCUT2D eigenvalue weighted by Crippen LogP contribution is -2.48. The van der Waals surface area contributed by atoms with Gasteiger partial charge in [-0.15, -0.1) is 0 Å². The second-order valence-electron chi connectivity index (χ2n) is 10.9. The Balaban J connectivity index is 2.07. The molecule has 3 amide bonds. The van der Waals surface area contributed by atoms with Gasteiger partial charge in [-0.2, -0.15) is 0 Å². The van der Waals surface area contributed by atoms with E-state index in [-0.39, 0.29) is 36.1 Å². The predicted octanol–water partition coefficient (Wildman–Crippen LogP) is 5.84. The number of nitrogens with one attached hydrogen (secondary N) is 2. The van der Waals surface area contributed by atoms with Gasteiger partial charge in [-0.05, 0) is 56.2 Å². The van der Waals surface area contributed by atoms with Gasteiger partial charge in [0, 0.05) is 38.2 Å². The first-order chi connectivity index (χ1) is 17.9. The van der Waals surface area contributed by atoms with E-state index in [0.717, 1.165) is 23.1 Å². The average Bonchev–Trinajstić information content (AvgIpc) is 2.86. The number of thioether (sulfide) groups is 1. The molecule has 2 rings (SSSR count). The number of rotatable bonds is 13. The summed E-state index contributed by atoms with van der Waals surface area (Å²) in [6.45, 7) is 12.1. The van der Waals surface area contributed by atoms with Gasteiger partial charge in [0.15, 0.2) is 5.12 Å². The van der Waals surface area contributed by atoms with E-state index in [0.29, 0.717) is 24.6 Å². The minimum absolute atomic E-state index is 0.0101. The second kappa shape index (κ2) is 15.5. The third-order valence-corrected chi connectivity index (χ3v) is 6.68. The fraction of sp³-hybridized carbons (Fsp3) is 0.500. The molecule has 0 saturated carbocycles. The summed E-state index contributed by atoms with van der Waals surface area (Å²) in [4.78, 5) is 44.3. The molecule has 0 fully saturated rings. The largest absolute Gasteiger partial charge is 0.334 e. The third-order valence-electron chi connectivity index (χ3n) is 5.70. The molecule has 0 radical (unpaired) electrons. The summed E-state index contributed by atoms with van der Waals surface area (Å²) >= 11 is 1.20. The quantitative estimate of drug-likeness (QED) is 0.311. The Morgan fingerprint density at radius 3 is 2.16 bits per heavy atom. The van der Waals surface area contributed by atoms with Crippen molar-refractivity contribution in [2.75, 3.05) is 18.8 Å². The van der Waals surface area contributed by atoms with Crippen molar-refractivity contribution in [2.45, 2.75) is 72.4 Å². The van der Waals surface area contributed by atoms with Crippen LogP contribution < -0.4 is 10.8 Å². The maximum atomic E-state index is 13.3. The van der Waals surface area contributed by atoms with Crippen LogP contribution in [0.5, 0.6) is 0 Å². The van der Waals surface area contributed by atoms with E-state index >= 15 is 0 Å². The summed E-state index contributed by atoms with van der Waals surface area (Å²) in [5, 5.41) is 3.13. The molecule has 2 aromatic rings. The van der Waals surface area contributed by atoms with Gasteiger partial charge in [0.25, 0.3) is 0 Å². The van der Waals surface area contributed by atoms with Gasteiger partial charge in [0.05, 0.1) is 5.60 Å². The van der Waals surface area contributed by atoms with E-state index in [1.54, 1.807) is 4.90 Å². The van der Waals surface area contributed by atoms with Gasteiger partial charge >= 0.3 is 6.03 Å². The Morgan fingerprint density at radius 2 is 1.58 bits per heavy atom. The van der Waals surface area contributed by atoms with Gasteiger partial charge in [-0.1, -0.05) is 80.2 Å². The van der Waals surface area contributed by atoms with Gasteiger partial charge in [0.2, 0.25) is 5.91 Å². The van der Waals surface area contributed by atoms with Crippen molar-refractivity contribution in [3.8, 4) is 11.1 Å². The van der Waals surface area contributed by atoms with Crippen molar-refractivity contribution in [2.24, 2.45) is 5.92 Å². The molecule has 0 heterocycles. The molecule has 2 aromatic carbocycles. The highest BCUT2D eigenvalue weighted by atomic mass is 32.2. The van der Waals surface area contributed by atoms with E-state index in [4.69, 9.17) is 4.84 Å². The van der Waals surface area contributed by atoms with Crippen molar-refractivity contribution in [1.82, 2.24) is 15.7 Å². The SMILES string of the molecule is CC(=O)SC[C@H](Cc1ccc(-c2ccccc2)cc1)NC(=O)N(CCC(=O)NOC(C)(C)C)CCC(C)C. The van der Waals surface area contributed by atoms with Crippen molar-refractivity contribution >= 4 is 28.8 Å². The molecule has 208 valence electrons. The zero-order chi connectivity index (χ0) is 28.1. The molecule has 1 atom stereocenters. The predicted molar refractivity (Wildman–Crippen MR) is 156 cm³/mol. The lowest BCUT2D eigenvalue weighted by atomic mass is 10.0. The highest BCUT2D eigenvalue weighted by Gasteiger charge is 2.21. The number of hydrogen-bond donors (Lipinski definition) is 2. The monoisotopic (exact) mass is 541 g/mol. The van der Waals surface area contributed by atoms with Crippen LogP contribution in [0, 0.1) is 5.92 Å². The molecule has 0 aromatic heterocycles. The van der Waals surface area contributed by atoms with E-state index in [2.05, 4.69) is 61.0 Å². The first kappa shape index (κ1) is 31.4. The highest BCUT2D eigenvalue weighted by Crippen LogP contribution is 2.20. The first-order valence-electron chi connectivity index (χ1n) is 13.2. The standard InChI is InChI=1S/C30H43N3O4S/c1-22(2)16-18-33(19-17-28(35)32-37-30(4,5)6)29(36)31-27(21-38-23(3)34)20-24-12-14-26(15-13-24)25-10-8-7-9-11-25/h7-15,22,27H,16-21H2,1-6H3,(H,31,36)(H,32,35)/t27-/m0/s1. The summed E-state index contributed by atoms with van der Waals surface area (Å²) in [7, 11) is 0. The summed E-state index contributed by atoms with van der Waals surface area (Å²) < 4.78 is 0. The number of carbonyl (C=O) groups is 3. The van der Waals surface area contributed by atoms with E-state index in [1.807, 2.05) is 39.0 Å². The number of carbonyl (C=O) groups excluding carboxylic acids is 3. The Morgan fingerprint density at radius 1 is 0.947 bits per heavy atom. The summed E-state index contributed by atoms with van der Waals surface area (Å²) in [5.74, 6) is 0.611. The van der Waals surface area contributed by atoms with E-state index in [9.17, 15) is 14.4 Å². The Hall–Kier alpha value is -2.84. The normalized spacial score (nSPS) is 12.2. The zero-order valence-corrected chi connectivity index (χ0v) is 24.4. The summed E-state index contributed by atoms with van der Waals surface area (Å²) in [6.07, 6.45) is 1.55. The zero-order valence-electron chi connectivity index (χ0n) is 23.6. The van der Waals surface area contributed by atoms with Crippen LogP contribution in [0.25, 0.3) is 11.1 Å². The van der Waals surface area contributed by atoms with Crippen molar-refractivity contribution in [3.63, 3.8) is 0 Å². The minimum Gasteiger partial charge on any atom is -0.334 e. The molecular weight excluding hydrogens is 498 g/mol. The van der Waals surface area contributed by atoms with Crippen molar-refractivity contribution in [3.05, 3.63) is 60.2 Å². The number of nitrogens with zero attached hydrogens (tertiary/aromatic N) is 1. The van der Waals surface area contributed by atoms with Crippen LogP contribution in [0.3, 0.4) is 0 Å². The molecule has 38 heavy (non-hydrogen) atoms. The Labute approximate surface area is 232 Å². The van der Waals surface area contributed by atoms with Crippen LogP contribution in [0.4, 0.5) is 4.79 Å². The maximum absolute atomic E-state index is 13.3. The van der Waals surface area contributed by atoms with Gasteiger partial charge in [0.1, 0.15) is 0 Å². The molecule has 8 heteroatoms. The van der Waals surface area contributed by atoms with E-state index in [1.165, 1.54) is 18.7 Å². The molecule has 0 aliphatic carbocycles. The van der Waals surface area contributed by atoms with Crippen LogP contribution in [0.15, 0.2) is 54.6 Å². The topological polar surface area (TPSA) is 87.7 Å². The molecule has 0 saturated heterocycles. The van der Waals surface area contributed by atoms with Crippen LogP contribution in [-0.2, 0) is 20.8 Å². The highest BCUT2D eigenvalue weighted by molar-refractivity contribution is 8.13. The number of benzene rings is 2. The lowest BCUT2D eigenvalue weighted by Gasteiger charge is -2.27. The van der Waals surface area contributed by atoms with Gasteiger partial charge < -0.3 is 10.2 Å². The van der Waals surface area contributed by atoms with Crippen LogP contribution in [0.1, 0.15) is 59.9 Å². The molecular formula is C30H43N3O4S. The summed E-state index contributed by atoms with van der Waals surface area (Å²) in [6, 6.07) is 18.0. The van der Waals surface area contributed by atoms with Gasteiger partial charge in [-0.3, -0.25) is 14.4 Å². The molecule has 0 aliphatic heterocycles. The number of amides is 3. The smallest absolute Gasteiger partial charge is 0.317 e. The molecule has 2 N–H and O–H groups in total. The minimum atomic E-state index is -0.495. The number of hydroxylamine groups is 1. The summed E-state index contributed by atoms with van der Waals surface area (Å²) in [5.41, 5.74) is 5.32. The molecule has 0 unspecified atom stereocenters. The second-order valence-corrected chi connectivity index (χ2v) is 12.1. The Bertz CT molecular complexity index is 1020. The molecule has 7 nitrogen and oxygen atoms in total. The van der Waals surface area contributed by atoms with Crippen LogP contribution in [0.2, 0.25) is 0 Å². The third kappa shape index (κ3) is 12.6. The fourth-order valence-electron chi connectivity index (χ4n) is 3.61. The van der Waals surface area contributed by atoms with E-state index < -0.39 is 5.60 Å². The Kier molecular flexibility index (Phi) is 12.8. The average molecular weight is 542 g/mol. The van der Waals surface area contributed by atoms with Crippen LogP contribution >= 0.6 is 11.8 Å². The number of hydrogen-bond acceptors (Lipinski definition) is 5. The van der Waals surface area contributed by atoms with Gasteiger partial charge in [-0.25, -0.2) is 10.3 Å². The van der Waals surface area contributed by atoms with Crippen LogP contribution in [-0.4, -0.2) is 52.4 Å². The molecule has 0 spiro atoms. The molecule has 0 bridgehead atoms. The first-order valence-corrected chi connectivity index (χ1v) is 14.2. The number of urea groups is 1.